The van der Waals surface area contributed by atoms with Gasteiger partial charge in [0.15, 0.2) is 0 Å². The number of hydrogen-bond donors (Lipinski definition) is 1. The summed E-state index contributed by atoms with van der Waals surface area (Å²) in [6.45, 7) is 6.73. The monoisotopic (exact) mass is 321 g/mol. The molecular weight excluding hydrogens is 298 g/mol. The van der Waals surface area contributed by atoms with Gasteiger partial charge in [-0.3, -0.25) is 4.79 Å². The highest BCUT2D eigenvalue weighted by molar-refractivity contribution is 5.89. The summed E-state index contributed by atoms with van der Waals surface area (Å²) in [5.74, 6) is -1.24. The summed E-state index contributed by atoms with van der Waals surface area (Å²) in [7, 11) is 1.27. The Bertz CT molecular complexity index is 572. The minimum absolute atomic E-state index is 0.279. The minimum atomic E-state index is -0.759. The zero-order valence-corrected chi connectivity index (χ0v) is 14.1. The average molecular weight is 321 g/mol. The van der Waals surface area contributed by atoms with Gasteiger partial charge in [-0.15, -0.1) is 0 Å². The third-order valence-electron chi connectivity index (χ3n) is 2.89. The predicted octanol–water partition coefficient (Wildman–Crippen LogP) is 1.86. The van der Waals surface area contributed by atoms with Crippen molar-refractivity contribution >= 4 is 17.8 Å². The number of hydrogen-bond acceptors (Lipinski definition) is 5. The molecule has 1 amide bonds. The lowest BCUT2D eigenvalue weighted by atomic mass is 10.0. The zero-order valence-electron chi connectivity index (χ0n) is 14.1. The lowest BCUT2D eigenvalue weighted by Gasteiger charge is -2.19. The van der Waals surface area contributed by atoms with Crippen molar-refractivity contribution in [3.8, 4) is 0 Å². The molecule has 0 aliphatic carbocycles. The Kier molecular flexibility index (Phi) is 6.30. The van der Waals surface area contributed by atoms with Crippen LogP contribution >= 0.6 is 0 Å². The number of carbonyl (C=O) groups excluding carboxylic acids is 3. The van der Waals surface area contributed by atoms with E-state index in [4.69, 9.17) is 4.74 Å². The molecular formula is C17H23NO5. The van der Waals surface area contributed by atoms with Crippen LogP contribution in [0, 0.1) is 0 Å². The maximum absolute atomic E-state index is 11.9. The van der Waals surface area contributed by atoms with Crippen molar-refractivity contribution < 1.29 is 23.9 Å². The first kappa shape index (κ1) is 18.7. The number of rotatable bonds is 5. The molecule has 0 heterocycles. The Hall–Kier alpha value is -2.37. The van der Waals surface area contributed by atoms with Crippen LogP contribution in [0.5, 0.6) is 0 Å². The summed E-state index contributed by atoms with van der Waals surface area (Å²) in [5, 5.41) is 2.54. The summed E-state index contributed by atoms with van der Waals surface area (Å²) < 4.78 is 9.96. The van der Waals surface area contributed by atoms with Crippen molar-refractivity contribution in [3.63, 3.8) is 0 Å². The molecule has 0 aliphatic heterocycles. The smallest absolute Gasteiger partial charge is 0.338 e. The SMILES string of the molecule is COC(=O)[C@@H](Cc1ccc(C(=O)OC(C)(C)C)cc1)NC(C)=O. The van der Waals surface area contributed by atoms with Crippen LogP contribution in [-0.2, 0) is 25.5 Å². The van der Waals surface area contributed by atoms with Crippen molar-refractivity contribution in [2.45, 2.75) is 45.8 Å². The highest BCUT2D eigenvalue weighted by Crippen LogP contribution is 2.14. The first-order chi connectivity index (χ1) is 10.6. The molecule has 6 nitrogen and oxygen atoms in total. The Morgan fingerprint density at radius 1 is 1.13 bits per heavy atom. The second-order valence-electron chi connectivity index (χ2n) is 6.18. The number of ether oxygens (including phenoxy) is 2. The second-order valence-corrected chi connectivity index (χ2v) is 6.18. The number of methoxy groups -OCH3 is 1. The van der Waals surface area contributed by atoms with E-state index in [0.717, 1.165) is 5.56 Å². The third-order valence-corrected chi connectivity index (χ3v) is 2.89. The van der Waals surface area contributed by atoms with Gasteiger partial charge in [0.25, 0.3) is 0 Å². The van der Waals surface area contributed by atoms with E-state index in [2.05, 4.69) is 10.1 Å². The topological polar surface area (TPSA) is 81.7 Å². The number of benzene rings is 1. The summed E-state index contributed by atoms with van der Waals surface area (Å²) in [4.78, 5) is 34.8. The molecule has 0 unspecified atom stereocenters. The molecule has 6 heteroatoms. The van der Waals surface area contributed by atoms with Crippen molar-refractivity contribution in [2.75, 3.05) is 7.11 Å². The van der Waals surface area contributed by atoms with Crippen LogP contribution in [0.25, 0.3) is 0 Å². The zero-order chi connectivity index (χ0) is 17.6. The summed E-state index contributed by atoms with van der Waals surface area (Å²) in [5.41, 5.74) is 0.663. The number of nitrogens with one attached hydrogen (secondary N) is 1. The van der Waals surface area contributed by atoms with E-state index in [9.17, 15) is 14.4 Å². The quantitative estimate of drug-likeness (QED) is 0.837. The number of carbonyl (C=O) groups is 3. The number of esters is 2. The van der Waals surface area contributed by atoms with Gasteiger partial charge in [-0.05, 0) is 38.5 Å². The molecule has 0 saturated carbocycles. The molecule has 1 atom stereocenters. The Balaban J connectivity index is 2.80. The molecule has 23 heavy (non-hydrogen) atoms. The van der Waals surface area contributed by atoms with Gasteiger partial charge in [0, 0.05) is 13.3 Å². The van der Waals surface area contributed by atoms with Gasteiger partial charge in [-0.1, -0.05) is 12.1 Å². The van der Waals surface area contributed by atoms with Crippen LogP contribution in [0.3, 0.4) is 0 Å². The second kappa shape index (κ2) is 7.76. The van der Waals surface area contributed by atoms with Gasteiger partial charge in [0.1, 0.15) is 11.6 Å². The predicted molar refractivity (Wildman–Crippen MR) is 84.9 cm³/mol. The van der Waals surface area contributed by atoms with Crippen LogP contribution < -0.4 is 5.32 Å². The molecule has 0 aliphatic rings. The van der Waals surface area contributed by atoms with Crippen molar-refractivity contribution in [3.05, 3.63) is 35.4 Å². The van der Waals surface area contributed by atoms with Crippen LogP contribution in [0.2, 0.25) is 0 Å². The first-order valence-electron chi connectivity index (χ1n) is 7.29. The molecule has 0 spiro atoms. The molecule has 1 aromatic rings. The van der Waals surface area contributed by atoms with Gasteiger partial charge < -0.3 is 14.8 Å². The lowest BCUT2D eigenvalue weighted by Crippen LogP contribution is -2.41. The van der Waals surface area contributed by atoms with E-state index >= 15 is 0 Å². The van der Waals surface area contributed by atoms with Crippen molar-refractivity contribution in [1.82, 2.24) is 5.32 Å². The third kappa shape index (κ3) is 6.50. The largest absolute Gasteiger partial charge is 0.467 e. The molecule has 0 bridgehead atoms. The fourth-order valence-electron chi connectivity index (χ4n) is 1.93. The van der Waals surface area contributed by atoms with E-state index < -0.39 is 23.6 Å². The molecule has 0 radical (unpaired) electrons. The Labute approximate surface area is 136 Å². The Morgan fingerprint density at radius 3 is 2.13 bits per heavy atom. The van der Waals surface area contributed by atoms with E-state index in [1.54, 1.807) is 45.0 Å². The normalized spacial score (nSPS) is 12.2. The minimum Gasteiger partial charge on any atom is -0.467 e. The number of amides is 1. The van der Waals surface area contributed by atoms with Gasteiger partial charge >= 0.3 is 11.9 Å². The van der Waals surface area contributed by atoms with Crippen LogP contribution in [0.1, 0.15) is 43.6 Å². The molecule has 0 fully saturated rings. The van der Waals surface area contributed by atoms with Gasteiger partial charge in [0.05, 0.1) is 12.7 Å². The Morgan fingerprint density at radius 2 is 1.70 bits per heavy atom. The maximum Gasteiger partial charge on any atom is 0.338 e. The van der Waals surface area contributed by atoms with Gasteiger partial charge in [-0.2, -0.15) is 0 Å². The van der Waals surface area contributed by atoms with E-state index in [-0.39, 0.29) is 12.3 Å². The first-order valence-corrected chi connectivity index (χ1v) is 7.29. The molecule has 1 rings (SSSR count). The highest BCUT2D eigenvalue weighted by Gasteiger charge is 2.21. The molecule has 0 saturated heterocycles. The van der Waals surface area contributed by atoms with E-state index in [0.29, 0.717) is 5.56 Å². The highest BCUT2D eigenvalue weighted by atomic mass is 16.6. The van der Waals surface area contributed by atoms with Crippen LogP contribution in [0.4, 0.5) is 0 Å². The van der Waals surface area contributed by atoms with Crippen molar-refractivity contribution in [1.29, 1.82) is 0 Å². The van der Waals surface area contributed by atoms with Crippen LogP contribution in [0.15, 0.2) is 24.3 Å². The molecule has 126 valence electrons. The van der Waals surface area contributed by atoms with E-state index in [1.165, 1.54) is 14.0 Å². The van der Waals surface area contributed by atoms with Gasteiger partial charge in [-0.25, -0.2) is 9.59 Å². The van der Waals surface area contributed by atoms with E-state index in [1.807, 2.05) is 0 Å². The van der Waals surface area contributed by atoms with Gasteiger partial charge in [0.2, 0.25) is 5.91 Å². The summed E-state index contributed by atoms with van der Waals surface area (Å²) in [6.07, 6.45) is 0.279. The lowest BCUT2D eigenvalue weighted by molar-refractivity contribution is -0.144. The maximum atomic E-state index is 11.9. The van der Waals surface area contributed by atoms with Crippen LogP contribution in [-0.4, -0.2) is 36.6 Å². The molecule has 0 aromatic heterocycles. The average Bonchev–Trinajstić information content (AvgIpc) is 2.44. The molecule has 1 N–H and O–H groups in total. The standard InChI is InChI=1S/C17H23NO5/c1-11(19)18-14(16(21)22-5)10-12-6-8-13(9-7-12)15(20)23-17(2,3)4/h6-9,14H,10H2,1-5H3,(H,18,19)/t14-/m1/s1. The van der Waals surface area contributed by atoms with Crippen molar-refractivity contribution in [2.24, 2.45) is 0 Å². The fourth-order valence-corrected chi connectivity index (χ4v) is 1.93. The fraction of sp³-hybridized carbons (Fsp3) is 0.471. The summed E-state index contributed by atoms with van der Waals surface area (Å²) in [6, 6.07) is 5.94. The molecule has 1 aromatic carbocycles. The summed E-state index contributed by atoms with van der Waals surface area (Å²) >= 11 is 0.